The maximum Gasteiger partial charge on any atom is 0.273 e. The minimum absolute atomic E-state index is 0.164. The first-order chi connectivity index (χ1) is 11.3. The first-order valence-corrected chi connectivity index (χ1v) is 9.01. The molecule has 2 aromatic rings. The summed E-state index contributed by atoms with van der Waals surface area (Å²) in [5.41, 5.74) is 2.86. The minimum Gasteiger partial charge on any atom is -0.347 e. The van der Waals surface area contributed by atoms with Crippen LogP contribution in [0.3, 0.4) is 0 Å². The molecule has 0 aliphatic carbocycles. The van der Waals surface area contributed by atoms with Crippen molar-refractivity contribution in [1.29, 1.82) is 0 Å². The van der Waals surface area contributed by atoms with Gasteiger partial charge in [-0.3, -0.25) is 9.69 Å². The van der Waals surface area contributed by atoms with Gasteiger partial charge in [0.15, 0.2) is 5.69 Å². The maximum atomic E-state index is 12.0. The number of aromatic nitrogens is 2. The van der Waals surface area contributed by atoms with Crippen molar-refractivity contribution in [3.8, 4) is 0 Å². The molecule has 1 amide bonds. The van der Waals surface area contributed by atoms with Crippen LogP contribution >= 0.6 is 11.5 Å². The van der Waals surface area contributed by atoms with Crippen LogP contribution in [0, 0.1) is 0 Å². The Bertz CT molecular complexity index is 621. The summed E-state index contributed by atoms with van der Waals surface area (Å²) >= 11 is 1.19. The van der Waals surface area contributed by atoms with Crippen LogP contribution in [0.2, 0.25) is 0 Å². The van der Waals surface area contributed by atoms with E-state index in [1.165, 1.54) is 61.4 Å². The molecule has 122 valence electrons. The number of hydrogen-bond acceptors (Lipinski definition) is 5. The number of carbonyl (C=O) groups excluding carboxylic acids is 1. The summed E-state index contributed by atoms with van der Waals surface area (Å²) in [5, 5.41) is 8.41. The monoisotopic (exact) mass is 330 g/mol. The molecule has 1 aliphatic rings. The fraction of sp³-hybridized carbons (Fsp3) is 0.471. The topological polar surface area (TPSA) is 58.1 Å². The molecule has 1 aromatic carbocycles. The zero-order valence-corrected chi connectivity index (χ0v) is 14.0. The lowest BCUT2D eigenvalue weighted by molar-refractivity contribution is 0.0945. The van der Waals surface area contributed by atoms with Gasteiger partial charge in [0.05, 0.1) is 0 Å². The molecule has 5 nitrogen and oxygen atoms in total. The molecule has 0 saturated carbocycles. The van der Waals surface area contributed by atoms with E-state index in [2.05, 4.69) is 38.0 Å². The molecular formula is C17H22N4OS. The molecule has 0 bridgehead atoms. The number of amides is 1. The van der Waals surface area contributed by atoms with E-state index < -0.39 is 0 Å². The van der Waals surface area contributed by atoms with Crippen molar-refractivity contribution in [2.45, 2.75) is 38.8 Å². The average molecular weight is 330 g/mol. The number of hydrogen-bond donors (Lipinski definition) is 1. The summed E-state index contributed by atoms with van der Waals surface area (Å²) in [7, 11) is 0. The summed E-state index contributed by atoms with van der Waals surface area (Å²) in [5.74, 6) is -0.164. The summed E-state index contributed by atoms with van der Waals surface area (Å²) in [6.07, 6.45) is 5.26. The third-order valence-corrected chi connectivity index (χ3v) is 4.75. The largest absolute Gasteiger partial charge is 0.347 e. The van der Waals surface area contributed by atoms with E-state index in [0.717, 1.165) is 6.54 Å². The first-order valence-electron chi connectivity index (χ1n) is 8.17. The molecule has 23 heavy (non-hydrogen) atoms. The van der Waals surface area contributed by atoms with Gasteiger partial charge in [-0.25, -0.2) is 0 Å². The van der Waals surface area contributed by atoms with Crippen molar-refractivity contribution in [1.82, 2.24) is 19.8 Å². The molecule has 0 atom stereocenters. The van der Waals surface area contributed by atoms with Crippen molar-refractivity contribution < 1.29 is 4.79 Å². The highest BCUT2D eigenvalue weighted by molar-refractivity contribution is 7.03. The number of nitrogens with one attached hydrogen (secondary N) is 1. The van der Waals surface area contributed by atoms with Gasteiger partial charge in [0.1, 0.15) is 0 Å². The van der Waals surface area contributed by atoms with E-state index in [-0.39, 0.29) is 5.91 Å². The number of rotatable bonds is 5. The molecule has 0 unspecified atom stereocenters. The lowest BCUT2D eigenvalue weighted by Crippen LogP contribution is -2.27. The summed E-state index contributed by atoms with van der Waals surface area (Å²) < 4.78 is 3.73. The molecule has 1 aliphatic heterocycles. The Morgan fingerprint density at radius 2 is 1.87 bits per heavy atom. The van der Waals surface area contributed by atoms with Gasteiger partial charge in [-0.15, -0.1) is 5.10 Å². The van der Waals surface area contributed by atoms with Crippen LogP contribution in [0.5, 0.6) is 0 Å². The molecule has 6 heteroatoms. The van der Waals surface area contributed by atoms with Crippen LogP contribution in [0.1, 0.15) is 47.3 Å². The van der Waals surface area contributed by atoms with Gasteiger partial charge in [-0.05, 0) is 48.6 Å². The Kier molecular flexibility index (Phi) is 5.71. The standard InChI is InChI=1S/C17H22N4OS/c22-17(16-13-23-20-19-16)18-11-14-7-3-4-8-15(14)12-21-9-5-1-2-6-10-21/h3-4,7-8,13H,1-2,5-6,9-12H2,(H,18,22). The van der Waals surface area contributed by atoms with E-state index in [4.69, 9.17) is 0 Å². The van der Waals surface area contributed by atoms with Crippen LogP contribution in [-0.4, -0.2) is 33.5 Å². The predicted molar refractivity (Wildman–Crippen MR) is 91.3 cm³/mol. The van der Waals surface area contributed by atoms with Gasteiger partial charge >= 0.3 is 0 Å². The van der Waals surface area contributed by atoms with E-state index >= 15 is 0 Å². The van der Waals surface area contributed by atoms with Crippen molar-refractivity contribution >= 4 is 17.4 Å². The molecule has 1 saturated heterocycles. The second kappa shape index (κ2) is 8.17. The fourth-order valence-corrected chi connectivity index (χ4v) is 3.39. The molecule has 0 spiro atoms. The van der Waals surface area contributed by atoms with Crippen LogP contribution in [0.4, 0.5) is 0 Å². The Hall–Kier alpha value is -1.79. The van der Waals surface area contributed by atoms with Crippen molar-refractivity contribution in [2.24, 2.45) is 0 Å². The second-order valence-electron chi connectivity index (χ2n) is 5.93. The van der Waals surface area contributed by atoms with Gasteiger partial charge < -0.3 is 5.32 Å². The second-order valence-corrected chi connectivity index (χ2v) is 6.54. The third kappa shape index (κ3) is 4.59. The van der Waals surface area contributed by atoms with Crippen LogP contribution in [0.25, 0.3) is 0 Å². The summed E-state index contributed by atoms with van der Waals surface area (Å²) in [6, 6.07) is 8.35. The van der Waals surface area contributed by atoms with Crippen LogP contribution in [0.15, 0.2) is 29.6 Å². The first kappa shape index (κ1) is 16.1. The van der Waals surface area contributed by atoms with E-state index in [9.17, 15) is 4.79 Å². The Balaban J connectivity index is 1.62. The van der Waals surface area contributed by atoms with Crippen molar-refractivity contribution in [3.05, 3.63) is 46.5 Å². The molecule has 1 fully saturated rings. The van der Waals surface area contributed by atoms with Crippen LogP contribution in [-0.2, 0) is 13.1 Å². The SMILES string of the molecule is O=C(NCc1ccccc1CN1CCCCCC1)c1csnn1. The third-order valence-electron chi connectivity index (χ3n) is 4.24. The quantitative estimate of drug-likeness (QED) is 0.916. The van der Waals surface area contributed by atoms with Crippen molar-refractivity contribution in [2.75, 3.05) is 13.1 Å². The smallest absolute Gasteiger partial charge is 0.273 e. The summed E-state index contributed by atoms with van der Waals surface area (Å²) in [6.45, 7) is 3.83. The molecular weight excluding hydrogens is 308 g/mol. The lowest BCUT2D eigenvalue weighted by Gasteiger charge is -2.21. The van der Waals surface area contributed by atoms with Gasteiger partial charge in [0.25, 0.3) is 5.91 Å². The highest BCUT2D eigenvalue weighted by Gasteiger charge is 2.13. The van der Waals surface area contributed by atoms with Crippen molar-refractivity contribution in [3.63, 3.8) is 0 Å². The number of likely N-dealkylation sites (tertiary alicyclic amines) is 1. The molecule has 3 rings (SSSR count). The number of nitrogens with zero attached hydrogens (tertiary/aromatic N) is 3. The van der Waals surface area contributed by atoms with Gasteiger partial charge in [0, 0.05) is 18.5 Å². The van der Waals surface area contributed by atoms with E-state index in [0.29, 0.717) is 12.2 Å². The minimum atomic E-state index is -0.164. The highest BCUT2D eigenvalue weighted by atomic mass is 32.1. The predicted octanol–water partition coefficient (Wildman–Crippen LogP) is 2.84. The molecule has 2 heterocycles. The van der Waals surface area contributed by atoms with Crippen LogP contribution < -0.4 is 5.32 Å². The van der Waals surface area contributed by atoms with E-state index in [1.807, 2.05) is 6.07 Å². The van der Waals surface area contributed by atoms with Gasteiger partial charge in [-0.1, -0.05) is 41.6 Å². The average Bonchev–Trinajstić information content (AvgIpc) is 3.00. The van der Waals surface area contributed by atoms with Gasteiger partial charge in [0.2, 0.25) is 0 Å². The zero-order valence-electron chi connectivity index (χ0n) is 13.2. The van der Waals surface area contributed by atoms with E-state index in [1.54, 1.807) is 5.38 Å². The fourth-order valence-electron chi connectivity index (χ4n) is 2.95. The number of benzene rings is 1. The molecule has 1 aromatic heterocycles. The maximum absolute atomic E-state index is 12.0. The Morgan fingerprint density at radius 3 is 2.57 bits per heavy atom. The summed E-state index contributed by atoms with van der Waals surface area (Å²) in [4.78, 5) is 14.5. The Morgan fingerprint density at radius 1 is 1.13 bits per heavy atom. The number of carbonyl (C=O) groups is 1. The van der Waals surface area contributed by atoms with Gasteiger partial charge in [-0.2, -0.15) is 0 Å². The molecule has 1 N–H and O–H groups in total. The lowest BCUT2D eigenvalue weighted by atomic mass is 10.1. The Labute approximate surface area is 140 Å². The molecule has 0 radical (unpaired) electrons. The normalized spacial score (nSPS) is 16.0. The highest BCUT2D eigenvalue weighted by Crippen LogP contribution is 2.16. The zero-order chi connectivity index (χ0) is 15.9.